The van der Waals surface area contributed by atoms with Crippen molar-refractivity contribution in [3.63, 3.8) is 0 Å². The summed E-state index contributed by atoms with van der Waals surface area (Å²) in [4.78, 5) is 13.1. The number of carbonyl (C=O) groups excluding carboxylic acids is 1. The molecule has 0 aromatic heterocycles. The zero-order valence-electron chi connectivity index (χ0n) is 14.2. The second-order valence-electron chi connectivity index (χ2n) is 7.71. The zero-order chi connectivity index (χ0) is 16.5. The van der Waals surface area contributed by atoms with Gasteiger partial charge in [0.2, 0.25) is 5.91 Å². The van der Waals surface area contributed by atoms with Gasteiger partial charge in [-0.15, -0.1) is 0 Å². The van der Waals surface area contributed by atoms with Crippen molar-refractivity contribution in [3.8, 4) is 5.75 Å². The van der Waals surface area contributed by atoms with Crippen LogP contribution in [0.5, 0.6) is 5.75 Å². The maximum absolute atomic E-state index is 13.1. The van der Waals surface area contributed by atoms with Crippen LogP contribution in [-0.4, -0.2) is 37.8 Å². The van der Waals surface area contributed by atoms with Crippen molar-refractivity contribution in [1.29, 1.82) is 0 Å². The van der Waals surface area contributed by atoms with E-state index in [-0.39, 0.29) is 12.0 Å². The molecule has 5 aliphatic rings. The molecule has 3 saturated heterocycles. The molecular weight excluding hydrogens is 304 g/mol. The van der Waals surface area contributed by atoms with Crippen LogP contribution < -0.4 is 15.4 Å². The smallest absolute Gasteiger partial charge is 0.237 e. The van der Waals surface area contributed by atoms with Gasteiger partial charge in [0, 0.05) is 29.8 Å². The molecule has 4 bridgehead atoms. The van der Waals surface area contributed by atoms with Gasteiger partial charge in [-0.3, -0.25) is 4.79 Å². The summed E-state index contributed by atoms with van der Waals surface area (Å²) >= 11 is 0. The lowest BCUT2D eigenvalue weighted by Gasteiger charge is -2.40. The molecule has 6 rings (SSSR count). The van der Waals surface area contributed by atoms with Crippen LogP contribution in [0.3, 0.4) is 0 Å². The number of fused-ring (bicyclic) bond motifs is 2. The van der Waals surface area contributed by atoms with Crippen molar-refractivity contribution in [1.82, 2.24) is 5.32 Å². The molecule has 4 heterocycles. The molecule has 1 spiro atoms. The van der Waals surface area contributed by atoms with Crippen LogP contribution in [0.4, 0.5) is 5.69 Å². The summed E-state index contributed by atoms with van der Waals surface area (Å²) in [6.45, 7) is 3.03. The minimum Gasteiger partial charge on any atom is -0.497 e. The van der Waals surface area contributed by atoms with Crippen molar-refractivity contribution >= 4 is 11.6 Å². The fraction of sp³-hybridized carbons (Fsp3) is 0.632. The van der Waals surface area contributed by atoms with Gasteiger partial charge in [-0.2, -0.15) is 0 Å². The average molecular weight is 328 g/mol. The normalized spacial score (nSPS) is 42.1. The molecule has 2 N–H and O–H groups in total. The monoisotopic (exact) mass is 328 g/mol. The number of hydrogen-bond acceptors (Lipinski definition) is 4. The highest BCUT2D eigenvalue weighted by molar-refractivity contribution is 6.07. The first-order valence-corrected chi connectivity index (χ1v) is 9.05. The van der Waals surface area contributed by atoms with Gasteiger partial charge in [-0.25, -0.2) is 0 Å². The van der Waals surface area contributed by atoms with E-state index in [2.05, 4.69) is 23.6 Å². The third kappa shape index (κ3) is 1.69. The highest BCUT2D eigenvalue weighted by Gasteiger charge is 2.62. The highest BCUT2D eigenvalue weighted by atomic mass is 16.5. The quantitative estimate of drug-likeness (QED) is 0.872. The molecule has 1 aliphatic carbocycles. The van der Waals surface area contributed by atoms with Crippen LogP contribution >= 0.6 is 0 Å². The number of rotatable bonds is 2. The molecule has 1 amide bonds. The Bertz CT molecular complexity index is 706. The summed E-state index contributed by atoms with van der Waals surface area (Å²) in [5.74, 6) is 2.04. The molecule has 1 saturated carbocycles. The van der Waals surface area contributed by atoms with Crippen molar-refractivity contribution in [3.05, 3.63) is 23.8 Å². The lowest BCUT2D eigenvalue weighted by molar-refractivity contribution is -0.130. The lowest BCUT2D eigenvalue weighted by Crippen LogP contribution is -2.51. The maximum atomic E-state index is 13.1. The molecule has 6 atom stereocenters. The van der Waals surface area contributed by atoms with Crippen molar-refractivity contribution in [2.24, 2.45) is 11.8 Å². The van der Waals surface area contributed by atoms with Gasteiger partial charge in [-0.1, -0.05) is 13.0 Å². The molecule has 24 heavy (non-hydrogen) atoms. The van der Waals surface area contributed by atoms with E-state index in [0.29, 0.717) is 23.9 Å². The van der Waals surface area contributed by atoms with Gasteiger partial charge in [0.1, 0.15) is 11.2 Å². The Kier molecular flexibility index (Phi) is 3.04. The van der Waals surface area contributed by atoms with Crippen molar-refractivity contribution in [2.75, 3.05) is 19.0 Å². The Balaban J connectivity index is 1.61. The van der Waals surface area contributed by atoms with Gasteiger partial charge >= 0.3 is 0 Å². The summed E-state index contributed by atoms with van der Waals surface area (Å²) in [5, 5.41) is 6.91. The molecule has 5 nitrogen and oxygen atoms in total. The fourth-order valence-electron chi connectivity index (χ4n) is 5.71. The standard InChI is InChI=1S/C19H24N2O3/c1-3-14-11-7-17-19(8-16(20-14)12(11)9-24-17)13-5-4-10(23-2)6-15(13)21-18(19)22/h4-6,11-12,14,16-17,20H,3,7-9H2,1-2H3,(H,21,22)/t11-,12+,14-,16+,17-,19+/m1/s1. The topological polar surface area (TPSA) is 59.6 Å². The zero-order valence-corrected chi connectivity index (χ0v) is 14.2. The number of hydrogen-bond donors (Lipinski definition) is 2. The van der Waals surface area contributed by atoms with Gasteiger partial charge < -0.3 is 20.1 Å². The van der Waals surface area contributed by atoms with Gasteiger partial charge in [0.25, 0.3) is 0 Å². The second-order valence-corrected chi connectivity index (χ2v) is 7.71. The number of benzene rings is 1. The Hall–Kier alpha value is -1.59. The first-order valence-electron chi connectivity index (χ1n) is 9.05. The number of ether oxygens (including phenoxy) is 2. The molecule has 0 radical (unpaired) electrons. The van der Waals surface area contributed by atoms with Crippen LogP contribution in [0.1, 0.15) is 31.7 Å². The Morgan fingerprint density at radius 3 is 3.04 bits per heavy atom. The Morgan fingerprint density at radius 1 is 1.38 bits per heavy atom. The number of methoxy groups -OCH3 is 1. The summed E-state index contributed by atoms with van der Waals surface area (Å²) < 4.78 is 11.6. The van der Waals surface area contributed by atoms with Crippen LogP contribution in [-0.2, 0) is 14.9 Å². The molecule has 128 valence electrons. The van der Waals surface area contributed by atoms with E-state index in [4.69, 9.17) is 9.47 Å². The number of amides is 1. The van der Waals surface area contributed by atoms with Crippen LogP contribution in [0.25, 0.3) is 0 Å². The van der Waals surface area contributed by atoms with Crippen molar-refractivity contribution in [2.45, 2.75) is 49.8 Å². The summed E-state index contributed by atoms with van der Waals surface area (Å²) in [7, 11) is 1.65. The SMILES string of the molecule is CC[C@H]1N[C@H]2C[C@@]3(C(=O)Nc4cc(OC)ccc43)[C@H]3C[C@@H]1[C@@H]2CO3. The summed E-state index contributed by atoms with van der Waals surface area (Å²) in [6.07, 6.45) is 2.94. The van der Waals surface area contributed by atoms with Gasteiger partial charge in [0.15, 0.2) is 0 Å². The van der Waals surface area contributed by atoms with Gasteiger partial charge in [0.05, 0.1) is 19.8 Å². The largest absolute Gasteiger partial charge is 0.497 e. The van der Waals surface area contributed by atoms with E-state index in [1.165, 1.54) is 0 Å². The number of nitrogens with one attached hydrogen (secondary N) is 2. The minimum atomic E-state index is -0.554. The van der Waals surface area contributed by atoms with E-state index in [9.17, 15) is 4.79 Å². The molecule has 1 aromatic carbocycles. The fourth-order valence-corrected chi connectivity index (χ4v) is 5.71. The molecule has 4 aliphatic heterocycles. The van der Waals surface area contributed by atoms with Crippen LogP contribution in [0, 0.1) is 11.8 Å². The molecule has 4 fully saturated rings. The van der Waals surface area contributed by atoms with E-state index in [1.54, 1.807) is 7.11 Å². The van der Waals surface area contributed by atoms with Crippen molar-refractivity contribution < 1.29 is 14.3 Å². The van der Waals surface area contributed by atoms with Gasteiger partial charge in [-0.05, 0) is 36.8 Å². The average Bonchev–Trinajstić information content (AvgIpc) is 2.98. The third-order valence-electron chi connectivity index (χ3n) is 6.88. The predicted octanol–water partition coefficient (Wildman–Crippen LogP) is 2.06. The maximum Gasteiger partial charge on any atom is 0.237 e. The summed E-state index contributed by atoms with van der Waals surface area (Å²) in [5.41, 5.74) is 1.42. The van der Waals surface area contributed by atoms with E-state index in [1.807, 2.05) is 12.1 Å². The minimum absolute atomic E-state index is 0.0189. The molecule has 0 unspecified atom stereocenters. The Labute approximate surface area is 142 Å². The molecular formula is C19H24N2O3. The molecule has 1 aromatic rings. The molecule has 5 heteroatoms. The lowest BCUT2D eigenvalue weighted by atomic mass is 9.71. The van der Waals surface area contributed by atoms with E-state index >= 15 is 0 Å². The Morgan fingerprint density at radius 2 is 2.25 bits per heavy atom. The van der Waals surface area contributed by atoms with E-state index < -0.39 is 5.41 Å². The summed E-state index contributed by atoms with van der Waals surface area (Å²) in [6, 6.07) is 6.88. The third-order valence-corrected chi connectivity index (χ3v) is 6.88. The van der Waals surface area contributed by atoms with Crippen LogP contribution in [0.2, 0.25) is 0 Å². The van der Waals surface area contributed by atoms with E-state index in [0.717, 1.165) is 42.9 Å². The number of anilines is 1. The first-order chi connectivity index (χ1) is 11.7. The second kappa shape index (κ2) is 4.96. The first kappa shape index (κ1) is 14.7. The van der Waals surface area contributed by atoms with Crippen LogP contribution in [0.15, 0.2) is 18.2 Å². The number of carbonyl (C=O) groups is 1. The predicted molar refractivity (Wildman–Crippen MR) is 90.3 cm³/mol. The highest BCUT2D eigenvalue weighted by Crippen LogP contribution is 2.55.